The van der Waals surface area contributed by atoms with E-state index in [4.69, 9.17) is 8.94 Å². The molecule has 0 aliphatic rings. The van der Waals surface area contributed by atoms with E-state index in [-0.39, 0.29) is 6.03 Å². The molecule has 0 fully saturated rings. The maximum Gasteiger partial charge on any atom is 0.321 e. The molecule has 2 aromatic heterocycles. The number of amides is 2. The van der Waals surface area contributed by atoms with Crippen LogP contribution in [0.2, 0.25) is 0 Å². The number of carbonyl (C=O) groups is 1. The number of carbonyl (C=O) groups excluding carboxylic acids is 1. The van der Waals surface area contributed by atoms with Crippen LogP contribution >= 0.6 is 0 Å². The van der Waals surface area contributed by atoms with Gasteiger partial charge in [0.2, 0.25) is 5.88 Å². The summed E-state index contributed by atoms with van der Waals surface area (Å²) in [5, 5.41) is 8.87. The summed E-state index contributed by atoms with van der Waals surface area (Å²) in [5.74, 6) is 1.17. The molecule has 2 aromatic rings. The molecule has 0 aliphatic carbocycles. The number of aryl methyl sites for hydroxylation is 1. The Morgan fingerprint density at radius 2 is 2.41 bits per heavy atom. The maximum absolute atomic E-state index is 11.4. The monoisotopic (exact) mass is 235 g/mol. The van der Waals surface area contributed by atoms with Gasteiger partial charge in [-0.15, -0.1) is 0 Å². The Morgan fingerprint density at radius 3 is 3.06 bits per heavy atom. The van der Waals surface area contributed by atoms with Gasteiger partial charge in [0, 0.05) is 19.0 Å². The first-order valence-corrected chi connectivity index (χ1v) is 5.24. The molecule has 0 radical (unpaired) electrons. The van der Waals surface area contributed by atoms with E-state index in [0.717, 1.165) is 11.5 Å². The summed E-state index contributed by atoms with van der Waals surface area (Å²) >= 11 is 0. The average molecular weight is 235 g/mol. The van der Waals surface area contributed by atoms with Crippen LogP contribution in [0.15, 0.2) is 33.4 Å². The molecule has 0 unspecified atom stereocenters. The van der Waals surface area contributed by atoms with Crippen molar-refractivity contribution in [3.8, 4) is 0 Å². The van der Waals surface area contributed by atoms with Gasteiger partial charge in [-0.2, -0.15) is 0 Å². The molecule has 17 heavy (non-hydrogen) atoms. The van der Waals surface area contributed by atoms with Gasteiger partial charge in [-0.3, -0.25) is 5.32 Å². The number of furan rings is 1. The lowest BCUT2D eigenvalue weighted by molar-refractivity contribution is 0.251. The smallest absolute Gasteiger partial charge is 0.321 e. The molecule has 0 aliphatic heterocycles. The largest absolute Gasteiger partial charge is 0.469 e. The van der Waals surface area contributed by atoms with E-state index in [1.54, 1.807) is 19.3 Å². The lowest BCUT2D eigenvalue weighted by Gasteiger charge is -2.03. The summed E-state index contributed by atoms with van der Waals surface area (Å²) in [4.78, 5) is 11.4. The number of hydrogen-bond donors (Lipinski definition) is 2. The number of aromatic nitrogens is 1. The standard InChI is InChI=1S/C11H13N3O3/c1-8-7-10(17-14-8)13-11(15)12-5-4-9-3-2-6-16-9/h2-3,6-7H,4-5H2,1H3,(H2,12,13,15). The molecule has 0 saturated carbocycles. The van der Waals surface area contributed by atoms with Crippen LogP contribution in [0.3, 0.4) is 0 Å². The number of hydrogen-bond acceptors (Lipinski definition) is 4. The minimum Gasteiger partial charge on any atom is -0.469 e. The van der Waals surface area contributed by atoms with Crippen LogP contribution in [0.5, 0.6) is 0 Å². The fourth-order valence-corrected chi connectivity index (χ4v) is 1.33. The summed E-state index contributed by atoms with van der Waals surface area (Å²) in [6.45, 7) is 2.27. The Bertz CT molecular complexity index is 476. The van der Waals surface area contributed by atoms with Crippen molar-refractivity contribution in [1.29, 1.82) is 0 Å². The van der Waals surface area contributed by atoms with E-state index in [1.165, 1.54) is 0 Å². The quantitative estimate of drug-likeness (QED) is 0.848. The van der Waals surface area contributed by atoms with Crippen molar-refractivity contribution in [3.63, 3.8) is 0 Å². The highest BCUT2D eigenvalue weighted by atomic mass is 16.5. The van der Waals surface area contributed by atoms with Gasteiger partial charge < -0.3 is 14.3 Å². The SMILES string of the molecule is Cc1cc(NC(=O)NCCc2ccco2)on1. The first-order valence-electron chi connectivity index (χ1n) is 5.24. The summed E-state index contributed by atoms with van der Waals surface area (Å²) in [7, 11) is 0. The number of anilines is 1. The zero-order valence-electron chi connectivity index (χ0n) is 9.40. The van der Waals surface area contributed by atoms with Gasteiger partial charge in [0.1, 0.15) is 5.76 Å². The predicted octanol–water partition coefficient (Wildman–Crippen LogP) is 1.94. The average Bonchev–Trinajstić information content (AvgIpc) is 2.90. The second-order valence-corrected chi connectivity index (χ2v) is 3.54. The van der Waals surface area contributed by atoms with Crippen molar-refractivity contribution in [3.05, 3.63) is 35.9 Å². The predicted molar refractivity (Wildman–Crippen MR) is 60.7 cm³/mol. The lowest BCUT2D eigenvalue weighted by atomic mass is 10.3. The molecule has 6 heteroatoms. The van der Waals surface area contributed by atoms with Crippen molar-refractivity contribution in [1.82, 2.24) is 10.5 Å². The highest BCUT2D eigenvalue weighted by molar-refractivity contribution is 5.87. The van der Waals surface area contributed by atoms with Crippen molar-refractivity contribution in [2.24, 2.45) is 0 Å². The lowest BCUT2D eigenvalue weighted by Crippen LogP contribution is -2.30. The summed E-state index contributed by atoms with van der Waals surface area (Å²) in [5.41, 5.74) is 0.718. The number of rotatable bonds is 4. The molecule has 2 N–H and O–H groups in total. The fourth-order valence-electron chi connectivity index (χ4n) is 1.33. The van der Waals surface area contributed by atoms with Crippen LogP contribution in [-0.2, 0) is 6.42 Å². The second-order valence-electron chi connectivity index (χ2n) is 3.54. The van der Waals surface area contributed by atoms with Crippen molar-refractivity contribution < 1.29 is 13.7 Å². The first kappa shape index (κ1) is 11.3. The van der Waals surface area contributed by atoms with Crippen LogP contribution in [0, 0.1) is 6.92 Å². The van der Waals surface area contributed by atoms with Crippen LogP contribution in [0.1, 0.15) is 11.5 Å². The molecular weight excluding hydrogens is 222 g/mol. The Morgan fingerprint density at radius 1 is 1.53 bits per heavy atom. The second kappa shape index (κ2) is 5.20. The van der Waals surface area contributed by atoms with Gasteiger partial charge in [-0.25, -0.2) is 4.79 Å². The Kier molecular flexibility index (Phi) is 3.44. The van der Waals surface area contributed by atoms with E-state index in [0.29, 0.717) is 18.8 Å². The number of nitrogens with zero attached hydrogens (tertiary/aromatic N) is 1. The number of nitrogens with one attached hydrogen (secondary N) is 2. The third-order valence-electron chi connectivity index (χ3n) is 2.10. The molecule has 6 nitrogen and oxygen atoms in total. The van der Waals surface area contributed by atoms with Gasteiger partial charge >= 0.3 is 6.03 Å². The normalized spacial score (nSPS) is 10.2. The van der Waals surface area contributed by atoms with Crippen LogP contribution in [0.25, 0.3) is 0 Å². The van der Waals surface area contributed by atoms with Crippen molar-refractivity contribution in [2.45, 2.75) is 13.3 Å². The van der Waals surface area contributed by atoms with Crippen molar-refractivity contribution >= 4 is 11.9 Å². The minimum atomic E-state index is -0.326. The van der Waals surface area contributed by atoms with E-state index >= 15 is 0 Å². The molecule has 2 rings (SSSR count). The van der Waals surface area contributed by atoms with E-state index < -0.39 is 0 Å². The van der Waals surface area contributed by atoms with Crippen molar-refractivity contribution in [2.75, 3.05) is 11.9 Å². The third kappa shape index (κ3) is 3.37. The zero-order valence-corrected chi connectivity index (χ0v) is 9.40. The Balaban J connectivity index is 1.71. The highest BCUT2D eigenvalue weighted by Crippen LogP contribution is 2.07. The van der Waals surface area contributed by atoms with Gasteiger partial charge in [-0.1, -0.05) is 5.16 Å². The Hall–Kier alpha value is -2.24. The maximum atomic E-state index is 11.4. The van der Waals surface area contributed by atoms with E-state index in [1.807, 2.05) is 12.1 Å². The van der Waals surface area contributed by atoms with Crippen LogP contribution in [0.4, 0.5) is 10.7 Å². The molecule has 0 spiro atoms. The van der Waals surface area contributed by atoms with E-state index in [2.05, 4.69) is 15.8 Å². The molecule has 90 valence electrons. The molecule has 0 bridgehead atoms. The fraction of sp³-hybridized carbons (Fsp3) is 0.273. The molecule has 0 atom stereocenters. The van der Waals surface area contributed by atoms with Gasteiger partial charge in [-0.05, 0) is 19.1 Å². The highest BCUT2D eigenvalue weighted by Gasteiger charge is 2.05. The summed E-state index contributed by atoms with van der Waals surface area (Å²) in [6.07, 6.45) is 2.25. The van der Waals surface area contributed by atoms with Crippen LogP contribution in [-0.4, -0.2) is 17.7 Å². The van der Waals surface area contributed by atoms with Gasteiger partial charge in [0.15, 0.2) is 0 Å². The van der Waals surface area contributed by atoms with Gasteiger partial charge in [0.25, 0.3) is 0 Å². The van der Waals surface area contributed by atoms with E-state index in [9.17, 15) is 4.79 Å². The minimum absolute atomic E-state index is 0.326. The zero-order chi connectivity index (χ0) is 12.1. The number of urea groups is 1. The molecular formula is C11H13N3O3. The Labute approximate surface area is 98.0 Å². The first-order chi connectivity index (χ1) is 8.24. The molecule has 2 amide bonds. The van der Waals surface area contributed by atoms with Crippen LogP contribution < -0.4 is 10.6 Å². The molecule has 0 saturated heterocycles. The molecule has 0 aromatic carbocycles. The topological polar surface area (TPSA) is 80.3 Å². The summed E-state index contributed by atoms with van der Waals surface area (Å²) < 4.78 is 9.98. The van der Waals surface area contributed by atoms with Gasteiger partial charge in [0.05, 0.1) is 12.0 Å². The third-order valence-corrected chi connectivity index (χ3v) is 2.10. The molecule has 2 heterocycles. The summed E-state index contributed by atoms with van der Waals surface area (Å²) in [6, 6.07) is 4.99.